The van der Waals surface area contributed by atoms with E-state index in [0.717, 1.165) is 17.6 Å². The lowest BCUT2D eigenvalue weighted by molar-refractivity contribution is 0.575. The van der Waals surface area contributed by atoms with E-state index in [4.69, 9.17) is 11.6 Å². The number of nitrogens with one attached hydrogen (secondary N) is 1. The van der Waals surface area contributed by atoms with E-state index in [9.17, 15) is 4.39 Å². The van der Waals surface area contributed by atoms with Gasteiger partial charge in [-0.25, -0.2) is 4.39 Å². The highest BCUT2D eigenvalue weighted by Crippen LogP contribution is 2.25. The molecule has 4 rings (SSSR count). The maximum Gasteiger partial charge on any atom is 0.124 e. The smallest absolute Gasteiger partial charge is 0.124 e. The van der Waals surface area contributed by atoms with Crippen LogP contribution >= 0.6 is 11.6 Å². The minimum Gasteiger partial charge on any atom is -0.343 e. The number of hydrogen-bond donors (Lipinski definition) is 1. The standard InChI is InChI=1S/C24H22ClFN2/c1-17(18-7-3-2-4-8-18)27-14-20-16-28(24-10-6-5-9-22(20)24)15-19-11-12-21(26)13-23(19)25/h2-13,16-17,27H,14-15H2,1H3/t17-/m0/s1. The number of nitrogens with zero attached hydrogens (tertiary/aromatic N) is 1. The number of fused-ring (bicyclic) bond motifs is 1. The third-order valence-corrected chi connectivity index (χ3v) is 5.48. The Bertz CT molecular complexity index is 1090. The van der Waals surface area contributed by atoms with Crippen LogP contribution in [0.25, 0.3) is 10.9 Å². The van der Waals surface area contributed by atoms with Crippen LogP contribution < -0.4 is 5.32 Å². The molecule has 28 heavy (non-hydrogen) atoms. The SMILES string of the molecule is C[C@H](NCc1cn(Cc2ccc(F)cc2Cl)c2ccccc12)c1ccccc1. The molecule has 1 atom stereocenters. The molecule has 142 valence electrons. The number of hydrogen-bond acceptors (Lipinski definition) is 1. The Morgan fingerprint density at radius 1 is 0.964 bits per heavy atom. The molecule has 1 heterocycles. The molecule has 0 spiro atoms. The first kappa shape index (κ1) is 18.7. The van der Waals surface area contributed by atoms with Gasteiger partial charge < -0.3 is 9.88 Å². The van der Waals surface area contributed by atoms with Gasteiger partial charge in [0.2, 0.25) is 0 Å². The van der Waals surface area contributed by atoms with Crippen molar-refractivity contribution < 1.29 is 4.39 Å². The van der Waals surface area contributed by atoms with Crippen molar-refractivity contribution in [1.29, 1.82) is 0 Å². The van der Waals surface area contributed by atoms with Crippen molar-refractivity contribution in [3.05, 3.63) is 107 Å². The maximum atomic E-state index is 13.4. The van der Waals surface area contributed by atoms with Crippen LogP contribution in [-0.4, -0.2) is 4.57 Å². The average molecular weight is 393 g/mol. The number of rotatable bonds is 6. The first-order chi connectivity index (χ1) is 13.6. The number of halogens is 2. The molecule has 0 unspecified atom stereocenters. The summed E-state index contributed by atoms with van der Waals surface area (Å²) in [6.45, 7) is 3.54. The lowest BCUT2D eigenvalue weighted by Gasteiger charge is -2.13. The van der Waals surface area contributed by atoms with E-state index >= 15 is 0 Å². The van der Waals surface area contributed by atoms with Crippen molar-refractivity contribution in [2.45, 2.75) is 26.1 Å². The van der Waals surface area contributed by atoms with Crippen molar-refractivity contribution in [1.82, 2.24) is 9.88 Å². The Kier molecular flexibility index (Phi) is 5.47. The first-order valence-electron chi connectivity index (χ1n) is 9.41. The number of para-hydroxylation sites is 1. The minimum atomic E-state index is -0.314. The molecule has 4 aromatic rings. The van der Waals surface area contributed by atoms with Gasteiger partial charge in [0.25, 0.3) is 0 Å². The molecule has 0 aliphatic rings. The first-order valence-corrected chi connectivity index (χ1v) is 9.78. The zero-order valence-electron chi connectivity index (χ0n) is 15.7. The highest BCUT2D eigenvalue weighted by Gasteiger charge is 2.12. The summed E-state index contributed by atoms with van der Waals surface area (Å²) in [6.07, 6.45) is 2.16. The summed E-state index contributed by atoms with van der Waals surface area (Å²) in [5, 5.41) is 5.28. The maximum absolute atomic E-state index is 13.4. The summed E-state index contributed by atoms with van der Waals surface area (Å²) in [7, 11) is 0. The van der Waals surface area contributed by atoms with Crippen LogP contribution in [0.3, 0.4) is 0 Å². The fourth-order valence-electron chi connectivity index (χ4n) is 3.55. The van der Waals surface area contributed by atoms with E-state index in [1.54, 1.807) is 6.07 Å². The largest absolute Gasteiger partial charge is 0.343 e. The molecular formula is C24H22ClFN2. The van der Waals surface area contributed by atoms with E-state index in [-0.39, 0.29) is 11.9 Å². The summed E-state index contributed by atoms with van der Waals surface area (Å²) in [6, 6.07) is 23.6. The monoisotopic (exact) mass is 392 g/mol. The molecule has 0 bridgehead atoms. The summed E-state index contributed by atoms with van der Waals surface area (Å²) in [5.74, 6) is -0.314. The van der Waals surface area contributed by atoms with Crippen LogP contribution in [0.15, 0.2) is 79.0 Å². The van der Waals surface area contributed by atoms with Crippen LogP contribution in [0.2, 0.25) is 5.02 Å². The molecule has 0 fully saturated rings. The van der Waals surface area contributed by atoms with Gasteiger partial charge in [0.1, 0.15) is 5.82 Å². The summed E-state index contributed by atoms with van der Waals surface area (Å²) in [5.41, 5.74) is 4.55. The van der Waals surface area contributed by atoms with Crippen LogP contribution in [-0.2, 0) is 13.1 Å². The third kappa shape index (κ3) is 3.96. The third-order valence-electron chi connectivity index (χ3n) is 5.13. The molecule has 0 amide bonds. The van der Waals surface area contributed by atoms with Crippen LogP contribution in [0.4, 0.5) is 4.39 Å². The Labute approximate surface area is 169 Å². The molecule has 3 aromatic carbocycles. The van der Waals surface area contributed by atoms with Crippen molar-refractivity contribution in [3.63, 3.8) is 0 Å². The van der Waals surface area contributed by atoms with Crippen LogP contribution in [0, 0.1) is 5.82 Å². The predicted octanol–water partition coefficient (Wildman–Crippen LogP) is 6.33. The molecule has 0 radical (unpaired) electrons. The van der Waals surface area contributed by atoms with Gasteiger partial charge in [-0.1, -0.05) is 66.2 Å². The van der Waals surface area contributed by atoms with Gasteiger partial charge in [0.05, 0.1) is 0 Å². The highest BCUT2D eigenvalue weighted by atomic mass is 35.5. The van der Waals surface area contributed by atoms with Gasteiger partial charge in [-0.3, -0.25) is 0 Å². The van der Waals surface area contributed by atoms with Gasteiger partial charge >= 0.3 is 0 Å². The molecule has 0 aliphatic heterocycles. The normalized spacial score (nSPS) is 12.4. The van der Waals surface area contributed by atoms with E-state index < -0.39 is 0 Å². The Balaban J connectivity index is 1.59. The zero-order valence-corrected chi connectivity index (χ0v) is 16.5. The fourth-order valence-corrected chi connectivity index (χ4v) is 3.78. The molecule has 0 saturated carbocycles. The van der Waals surface area contributed by atoms with Crippen molar-refractivity contribution in [2.24, 2.45) is 0 Å². The molecule has 2 nitrogen and oxygen atoms in total. The second-order valence-electron chi connectivity index (χ2n) is 7.05. The fraction of sp³-hybridized carbons (Fsp3) is 0.167. The van der Waals surface area contributed by atoms with Gasteiger partial charge in [-0.2, -0.15) is 0 Å². The molecule has 1 N–H and O–H groups in total. The van der Waals surface area contributed by atoms with E-state index in [0.29, 0.717) is 11.6 Å². The van der Waals surface area contributed by atoms with Gasteiger partial charge in [-0.05, 0) is 41.8 Å². The van der Waals surface area contributed by atoms with Crippen LogP contribution in [0.5, 0.6) is 0 Å². The molecule has 0 aliphatic carbocycles. The predicted molar refractivity (Wildman–Crippen MR) is 114 cm³/mol. The summed E-state index contributed by atoms with van der Waals surface area (Å²) in [4.78, 5) is 0. The van der Waals surface area contributed by atoms with Gasteiger partial charge in [0, 0.05) is 41.3 Å². The van der Waals surface area contributed by atoms with E-state index in [2.05, 4.69) is 65.5 Å². The zero-order chi connectivity index (χ0) is 19.5. The number of aromatic nitrogens is 1. The van der Waals surface area contributed by atoms with E-state index in [1.165, 1.54) is 28.6 Å². The summed E-state index contributed by atoms with van der Waals surface area (Å²) >= 11 is 6.24. The minimum absolute atomic E-state index is 0.259. The van der Waals surface area contributed by atoms with E-state index in [1.807, 2.05) is 12.1 Å². The summed E-state index contributed by atoms with van der Waals surface area (Å²) < 4.78 is 15.5. The van der Waals surface area contributed by atoms with Crippen molar-refractivity contribution >= 4 is 22.5 Å². The number of benzene rings is 3. The molecule has 1 aromatic heterocycles. The average Bonchev–Trinajstić information content (AvgIpc) is 3.07. The topological polar surface area (TPSA) is 17.0 Å². The van der Waals surface area contributed by atoms with Gasteiger partial charge in [0.15, 0.2) is 0 Å². The second-order valence-corrected chi connectivity index (χ2v) is 7.46. The second kappa shape index (κ2) is 8.17. The Morgan fingerprint density at radius 2 is 1.71 bits per heavy atom. The lowest BCUT2D eigenvalue weighted by atomic mass is 10.1. The van der Waals surface area contributed by atoms with Crippen molar-refractivity contribution in [3.8, 4) is 0 Å². The van der Waals surface area contributed by atoms with Crippen LogP contribution in [0.1, 0.15) is 29.7 Å². The quantitative estimate of drug-likeness (QED) is 0.405. The van der Waals surface area contributed by atoms with Crippen molar-refractivity contribution in [2.75, 3.05) is 0 Å². The molecule has 4 heteroatoms. The molecule has 0 saturated heterocycles. The Hall–Kier alpha value is -2.62. The highest BCUT2D eigenvalue weighted by molar-refractivity contribution is 6.31. The Morgan fingerprint density at radius 3 is 2.50 bits per heavy atom. The molecular weight excluding hydrogens is 371 g/mol. The lowest BCUT2D eigenvalue weighted by Crippen LogP contribution is -2.17. The van der Waals surface area contributed by atoms with Gasteiger partial charge in [-0.15, -0.1) is 0 Å².